The monoisotopic (exact) mass is 292 g/mol. The molecule has 0 radical (unpaired) electrons. The molecule has 0 saturated carbocycles. The Labute approximate surface area is 122 Å². The van der Waals surface area contributed by atoms with E-state index in [1.54, 1.807) is 4.57 Å². The summed E-state index contributed by atoms with van der Waals surface area (Å²) in [5, 5.41) is 0.651. The molecular formula is C15H17ClN2O2. The third kappa shape index (κ3) is 2.58. The molecule has 1 atom stereocenters. The lowest BCUT2D eigenvalue weighted by molar-refractivity contribution is 0.0477. The van der Waals surface area contributed by atoms with E-state index in [1.165, 1.54) is 0 Å². The number of aromatic nitrogens is 2. The maximum absolute atomic E-state index is 12.6. The van der Waals surface area contributed by atoms with Gasteiger partial charge in [0, 0.05) is 19.1 Å². The molecule has 0 bridgehead atoms. The normalized spacial score (nSPS) is 19.4. The number of para-hydroxylation sites is 1. The molecule has 0 N–H and O–H groups in total. The van der Waals surface area contributed by atoms with E-state index >= 15 is 0 Å². The maximum Gasteiger partial charge on any atom is 0.261 e. The predicted octanol–water partition coefficient (Wildman–Crippen LogP) is 2.56. The van der Waals surface area contributed by atoms with Gasteiger partial charge in [-0.3, -0.25) is 9.36 Å². The molecule has 2 heterocycles. The fourth-order valence-electron chi connectivity index (χ4n) is 2.71. The first-order chi connectivity index (χ1) is 9.79. The molecule has 0 spiro atoms. The Hall–Kier alpha value is -1.39. The molecule has 1 fully saturated rings. The van der Waals surface area contributed by atoms with E-state index in [0.717, 1.165) is 19.4 Å². The van der Waals surface area contributed by atoms with Gasteiger partial charge in [0.25, 0.3) is 5.56 Å². The van der Waals surface area contributed by atoms with Gasteiger partial charge in [-0.2, -0.15) is 0 Å². The second kappa shape index (κ2) is 5.94. The van der Waals surface area contributed by atoms with Crippen molar-refractivity contribution < 1.29 is 4.74 Å². The van der Waals surface area contributed by atoms with Crippen LogP contribution in [0.1, 0.15) is 18.7 Å². The Morgan fingerprint density at radius 2 is 2.25 bits per heavy atom. The van der Waals surface area contributed by atoms with Crippen molar-refractivity contribution in [2.45, 2.75) is 25.3 Å². The third-order valence-electron chi connectivity index (χ3n) is 3.76. The van der Waals surface area contributed by atoms with E-state index in [-0.39, 0.29) is 11.4 Å². The molecule has 3 rings (SSSR count). The smallest absolute Gasteiger partial charge is 0.261 e. The van der Waals surface area contributed by atoms with Crippen molar-refractivity contribution in [2.75, 3.05) is 13.2 Å². The molecule has 1 aromatic carbocycles. The van der Waals surface area contributed by atoms with Crippen LogP contribution in [0.25, 0.3) is 10.9 Å². The highest BCUT2D eigenvalue weighted by Gasteiger charge is 2.18. The van der Waals surface area contributed by atoms with E-state index in [1.807, 2.05) is 24.3 Å². The summed E-state index contributed by atoms with van der Waals surface area (Å²) in [5.74, 6) is 1.25. The summed E-state index contributed by atoms with van der Waals surface area (Å²) in [6.07, 6.45) is 2.14. The van der Waals surface area contributed by atoms with Gasteiger partial charge in [0.2, 0.25) is 0 Å². The van der Waals surface area contributed by atoms with Gasteiger partial charge < -0.3 is 4.74 Å². The summed E-state index contributed by atoms with van der Waals surface area (Å²) in [6.45, 7) is 2.17. The van der Waals surface area contributed by atoms with E-state index in [9.17, 15) is 4.79 Å². The summed E-state index contributed by atoms with van der Waals surface area (Å²) < 4.78 is 7.20. The minimum absolute atomic E-state index is 0.00294. The Bertz CT molecular complexity index is 662. The first-order valence-corrected chi connectivity index (χ1v) is 7.45. The first-order valence-electron chi connectivity index (χ1n) is 6.92. The Kier molecular flexibility index (Phi) is 4.03. The molecule has 1 aromatic heterocycles. The van der Waals surface area contributed by atoms with Crippen LogP contribution < -0.4 is 5.56 Å². The highest BCUT2D eigenvalue weighted by molar-refractivity contribution is 6.16. The summed E-state index contributed by atoms with van der Waals surface area (Å²) in [4.78, 5) is 17.1. The molecule has 4 nitrogen and oxygen atoms in total. The van der Waals surface area contributed by atoms with Crippen LogP contribution in [0.5, 0.6) is 0 Å². The topological polar surface area (TPSA) is 44.1 Å². The molecule has 1 unspecified atom stereocenters. The van der Waals surface area contributed by atoms with Crippen molar-refractivity contribution in [3.63, 3.8) is 0 Å². The first kappa shape index (κ1) is 13.6. The third-order valence-corrected chi connectivity index (χ3v) is 3.99. The molecule has 1 aliphatic rings. The fourth-order valence-corrected chi connectivity index (χ4v) is 2.92. The number of benzene rings is 1. The van der Waals surface area contributed by atoms with Crippen molar-refractivity contribution in [3.05, 3.63) is 40.4 Å². The largest absolute Gasteiger partial charge is 0.381 e. The van der Waals surface area contributed by atoms with E-state index in [0.29, 0.717) is 35.8 Å². The highest BCUT2D eigenvalue weighted by Crippen LogP contribution is 2.17. The number of halogens is 1. The zero-order valence-electron chi connectivity index (χ0n) is 11.2. The van der Waals surface area contributed by atoms with E-state index in [2.05, 4.69) is 4.98 Å². The zero-order chi connectivity index (χ0) is 13.9. The van der Waals surface area contributed by atoms with Crippen LogP contribution in [-0.2, 0) is 17.2 Å². The number of fused-ring (bicyclic) bond motifs is 1. The number of hydrogen-bond acceptors (Lipinski definition) is 3. The summed E-state index contributed by atoms with van der Waals surface area (Å²) in [6, 6.07) is 7.41. The quantitative estimate of drug-likeness (QED) is 0.817. The molecule has 0 amide bonds. The standard InChI is InChI=1S/C15H17ClN2O2/c16-8-14-17-13-6-2-1-5-12(13)15(19)18(14)9-11-4-3-7-20-10-11/h1-2,5-6,11H,3-4,7-10H2. The van der Waals surface area contributed by atoms with Crippen molar-refractivity contribution in [3.8, 4) is 0 Å². The molecule has 2 aromatic rings. The van der Waals surface area contributed by atoms with E-state index < -0.39 is 0 Å². The van der Waals surface area contributed by atoms with Gasteiger partial charge in [0.05, 0.1) is 23.4 Å². The minimum Gasteiger partial charge on any atom is -0.381 e. The van der Waals surface area contributed by atoms with Crippen LogP contribution in [0.2, 0.25) is 0 Å². The van der Waals surface area contributed by atoms with Gasteiger partial charge in [-0.05, 0) is 25.0 Å². The van der Waals surface area contributed by atoms with Crippen LogP contribution in [0.4, 0.5) is 0 Å². The Morgan fingerprint density at radius 1 is 1.40 bits per heavy atom. The summed E-state index contributed by atoms with van der Waals surface area (Å²) in [5.41, 5.74) is 0.709. The lowest BCUT2D eigenvalue weighted by atomic mass is 10.0. The Morgan fingerprint density at radius 3 is 3.00 bits per heavy atom. The van der Waals surface area contributed by atoms with Gasteiger partial charge in [0.15, 0.2) is 0 Å². The van der Waals surface area contributed by atoms with Crippen LogP contribution >= 0.6 is 11.6 Å². The fraction of sp³-hybridized carbons (Fsp3) is 0.467. The second-order valence-corrected chi connectivity index (χ2v) is 5.44. The minimum atomic E-state index is -0.00294. The molecule has 20 heavy (non-hydrogen) atoms. The van der Waals surface area contributed by atoms with Gasteiger partial charge >= 0.3 is 0 Å². The van der Waals surface area contributed by atoms with Crippen molar-refractivity contribution in [1.29, 1.82) is 0 Å². The second-order valence-electron chi connectivity index (χ2n) is 5.18. The van der Waals surface area contributed by atoms with Crippen LogP contribution in [0.15, 0.2) is 29.1 Å². The average Bonchev–Trinajstić information content (AvgIpc) is 2.51. The molecule has 1 aliphatic heterocycles. The number of nitrogens with zero attached hydrogens (tertiary/aromatic N) is 2. The molecular weight excluding hydrogens is 276 g/mol. The van der Waals surface area contributed by atoms with Crippen LogP contribution in [0, 0.1) is 5.92 Å². The van der Waals surface area contributed by atoms with Gasteiger partial charge in [-0.15, -0.1) is 11.6 Å². The SMILES string of the molecule is O=c1c2ccccc2nc(CCl)n1CC1CCCOC1. The lowest BCUT2D eigenvalue weighted by Gasteiger charge is -2.23. The van der Waals surface area contributed by atoms with Crippen molar-refractivity contribution in [2.24, 2.45) is 5.92 Å². The molecule has 1 saturated heterocycles. The van der Waals surface area contributed by atoms with Crippen molar-refractivity contribution >= 4 is 22.5 Å². The summed E-state index contributed by atoms with van der Waals surface area (Å²) in [7, 11) is 0. The average molecular weight is 293 g/mol. The number of rotatable bonds is 3. The van der Waals surface area contributed by atoms with Crippen molar-refractivity contribution in [1.82, 2.24) is 9.55 Å². The predicted molar refractivity (Wildman–Crippen MR) is 79.1 cm³/mol. The van der Waals surface area contributed by atoms with Gasteiger partial charge in [0.1, 0.15) is 5.82 Å². The zero-order valence-corrected chi connectivity index (χ0v) is 12.0. The number of ether oxygens (including phenoxy) is 1. The van der Waals surface area contributed by atoms with E-state index in [4.69, 9.17) is 16.3 Å². The van der Waals surface area contributed by atoms with Crippen LogP contribution in [-0.4, -0.2) is 22.8 Å². The lowest BCUT2D eigenvalue weighted by Crippen LogP contribution is -2.31. The Balaban J connectivity index is 2.03. The molecule has 0 aliphatic carbocycles. The molecule has 106 valence electrons. The van der Waals surface area contributed by atoms with Gasteiger partial charge in [-0.1, -0.05) is 12.1 Å². The summed E-state index contributed by atoms with van der Waals surface area (Å²) >= 11 is 5.97. The highest BCUT2D eigenvalue weighted by atomic mass is 35.5. The molecule has 5 heteroatoms. The number of hydrogen-bond donors (Lipinski definition) is 0. The van der Waals surface area contributed by atoms with Gasteiger partial charge in [-0.25, -0.2) is 4.98 Å². The maximum atomic E-state index is 12.6. The van der Waals surface area contributed by atoms with Crippen LogP contribution in [0.3, 0.4) is 0 Å². The number of alkyl halides is 1.